The number of hydrogen-bond donors (Lipinski definition) is 2. The lowest BCUT2D eigenvalue weighted by molar-refractivity contribution is 0.0697. The van der Waals surface area contributed by atoms with E-state index in [0.29, 0.717) is 26.1 Å². The number of anilines is 1. The molecule has 20 heavy (non-hydrogen) atoms. The fraction of sp³-hybridized carbons (Fsp3) is 0.417. The van der Waals surface area contributed by atoms with Gasteiger partial charge in [-0.1, -0.05) is 11.6 Å². The van der Waals surface area contributed by atoms with E-state index in [1.165, 1.54) is 18.2 Å². The molecule has 2 N–H and O–H groups in total. The van der Waals surface area contributed by atoms with Crippen LogP contribution in [0.2, 0.25) is 5.02 Å². The Kier molecular flexibility index (Phi) is 4.52. The van der Waals surface area contributed by atoms with E-state index in [-0.39, 0.29) is 16.3 Å². The summed E-state index contributed by atoms with van der Waals surface area (Å²) in [5, 5.41) is 8.34. The highest BCUT2D eigenvalue weighted by Gasteiger charge is 2.27. The van der Waals surface area contributed by atoms with Crippen LogP contribution in [0.5, 0.6) is 0 Å². The molecule has 6 nitrogen and oxygen atoms in total. The molecule has 0 atom stereocenters. The summed E-state index contributed by atoms with van der Waals surface area (Å²) in [6.45, 7) is 0.842. The molecule has 0 saturated carbocycles. The molecule has 110 valence electrons. The summed E-state index contributed by atoms with van der Waals surface area (Å²) in [6.07, 6.45) is 0.881. The number of rotatable bonds is 4. The summed E-state index contributed by atoms with van der Waals surface area (Å²) in [6, 6.07) is 3.95. The number of halogens is 1. The summed E-state index contributed by atoms with van der Waals surface area (Å²) in [7, 11) is -3.52. The second kappa shape index (κ2) is 5.99. The van der Waals surface area contributed by atoms with E-state index in [1.54, 1.807) is 0 Å². The third kappa shape index (κ3) is 3.41. The molecule has 1 saturated heterocycles. The van der Waals surface area contributed by atoms with Gasteiger partial charge in [-0.25, -0.2) is 13.2 Å². The van der Waals surface area contributed by atoms with Crippen molar-refractivity contribution < 1.29 is 23.1 Å². The first-order valence-electron chi connectivity index (χ1n) is 6.02. The molecule has 1 aliphatic rings. The number of carboxylic acid groups (broad SMARTS) is 1. The lowest BCUT2D eigenvalue weighted by Gasteiger charge is -2.22. The van der Waals surface area contributed by atoms with Crippen LogP contribution < -0.4 is 4.72 Å². The first kappa shape index (κ1) is 15.1. The van der Waals surface area contributed by atoms with E-state index < -0.39 is 21.2 Å². The molecule has 8 heteroatoms. The largest absolute Gasteiger partial charge is 0.478 e. The Bertz CT molecular complexity index is 610. The standard InChI is InChI=1S/C12H14ClNO5S/c13-11-7-8(1-2-10(11)12(15)16)14-20(17,18)9-3-5-19-6-4-9/h1-2,7,9,14H,3-6H2,(H,15,16). The minimum absolute atomic E-state index is 0.00956. The van der Waals surface area contributed by atoms with Crippen LogP contribution in [0.15, 0.2) is 18.2 Å². The van der Waals surface area contributed by atoms with Crippen molar-refractivity contribution in [1.29, 1.82) is 0 Å². The van der Waals surface area contributed by atoms with Crippen LogP contribution >= 0.6 is 11.6 Å². The summed E-state index contributed by atoms with van der Waals surface area (Å²) in [5.74, 6) is -1.16. The maximum Gasteiger partial charge on any atom is 0.337 e. The van der Waals surface area contributed by atoms with Gasteiger partial charge in [-0.05, 0) is 31.0 Å². The first-order chi connectivity index (χ1) is 9.40. The predicted molar refractivity (Wildman–Crippen MR) is 74.8 cm³/mol. The van der Waals surface area contributed by atoms with Crippen molar-refractivity contribution in [1.82, 2.24) is 0 Å². The maximum atomic E-state index is 12.2. The van der Waals surface area contributed by atoms with Gasteiger partial charge in [0.2, 0.25) is 10.0 Å². The highest BCUT2D eigenvalue weighted by molar-refractivity contribution is 7.93. The number of aromatic carboxylic acids is 1. The fourth-order valence-corrected chi connectivity index (χ4v) is 3.68. The number of carboxylic acids is 1. The summed E-state index contributed by atoms with van der Waals surface area (Å²) >= 11 is 5.80. The zero-order valence-electron chi connectivity index (χ0n) is 10.5. The van der Waals surface area contributed by atoms with E-state index >= 15 is 0 Å². The summed E-state index contributed by atoms with van der Waals surface area (Å²) in [5.41, 5.74) is 0.187. The first-order valence-corrected chi connectivity index (χ1v) is 7.95. The highest BCUT2D eigenvalue weighted by Crippen LogP contribution is 2.24. The Hall–Kier alpha value is -1.31. The Labute approximate surface area is 121 Å². The molecular weight excluding hydrogens is 306 g/mol. The van der Waals surface area contributed by atoms with Gasteiger partial charge in [-0.15, -0.1) is 0 Å². The normalized spacial score (nSPS) is 16.9. The van der Waals surface area contributed by atoms with Crippen LogP contribution in [0.25, 0.3) is 0 Å². The van der Waals surface area contributed by atoms with E-state index in [4.69, 9.17) is 21.4 Å². The molecule has 0 unspecified atom stereocenters. The van der Waals surface area contributed by atoms with Gasteiger partial charge in [0.1, 0.15) is 0 Å². The third-order valence-electron chi connectivity index (χ3n) is 3.07. The minimum Gasteiger partial charge on any atom is -0.478 e. The van der Waals surface area contributed by atoms with Crippen molar-refractivity contribution in [2.45, 2.75) is 18.1 Å². The smallest absolute Gasteiger partial charge is 0.337 e. The van der Waals surface area contributed by atoms with Crippen molar-refractivity contribution in [2.75, 3.05) is 17.9 Å². The molecule has 0 spiro atoms. The van der Waals surface area contributed by atoms with Gasteiger partial charge in [0.15, 0.2) is 0 Å². The van der Waals surface area contributed by atoms with Crippen molar-refractivity contribution in [3.63, 3.8) is 0 Å². The molecule has 0 aliphatic carbocycles. The van der Waals surface area contributed by atoms with E-state index in [0.717, 1.165) is 0 Å². The van der Waals surface area contributed by atoms with Crippen LogP contribution in [0.4, 0.5) is 5.69 Å². The summed E-state index contributed by atoms with van der Waals surface area (Å²) in [4.78, 5) is 10.8. The monoisotopic (exact) mass is 319 g/mol. The van der Waals surface area contributed by atoms with Crippen LogP contribution in [0.1, 0.15) is 23.2 Å². The molecule has 1 fully saturated rings. The highest BCUT2D eigenvalue weighted by atomic mass is 35.5. The van der Waals surface area contributed by atoms with Gasteiger partial charge in [0, 0.05) is 13.2 Å². The second-order valence-corrected chi connectivity index (χ2v) is 6.83. The zero-order chi connectivity index (χ0) is 14.8. The van der Waals surface area contributed by atoms with Gasteiger partial charge < -0.3 is 9.84 Å². The van der Waals surface area contributed by atoms with Crippen molar-refractivity contribution in [3.8, 4) is 0 Å². The number of benzene rings is 1. The Balaban J connectivity index is 2.17. The third-order valence-corrected chi connectivity index (χ3v) is 5.25. The Morgan fingerprint density at radius 3 is 2.55 bits per heavy atom. The van der Waals surface area contributed by atoms with Gasteiger partial charge >= 0.3 is 5.97 Å². The minimum atomic E-state index is -3.52. The van der Waals surface area contributed by atoms with E-state index in [1.807, 2.05) is 0 Å². The fourth-order valence-electron chi connectivity index (χ4n) is 1.99. The quantitative estimate of drug-likeness (QED) is 0.885. The molecule has 0 aromatic heterocycles. The number of nitrogens with one attached hydrogen (secondary N) is 1. The molecule has 1 aromatic carbocycles. The van der Waals surface area contributed by atoms with Gasteiger partial charge in [0.25, 0.3) is 0 Å². The molecule has 0 radical (unpaired) electrons. The lowest BCUT2D eigenvalue weighted by Crippen LogP contribution is -2.33. The Morgan fingerprint density at radius 1 is 1.35 bits per heavy atom. The van der Waals surface area contributed by atoms with Crippen molar-refractivity contribution in [2.24, 2.45) is 0 Å². The topological polar surface area (TPSA) is 92.7 Å². The molecule has 0 amide bonds. The number of sulfonamides is 1. The lowest BCUT2D eigenvalue weighted by atomic mass is 10.2. The molecule has 2 rings (SSSR count). The molecular formula is C12H14ClNO5S. The Morgan fingerprint density at radius 2 is 2.00 bits per heavy atom. The number of hydrogen-bond acceptors (Lipinski definition) is 4. The van der Waals surface area contributed by atoms with Gasteiger partial charge in [-0.2, -0.15) is 0 Å². The second-order valence-electron chi connectivity index (χ2n) is 4.46. The molecule has 1 heterocycles. The average Bonchev–Trinajstić information content (AvgIpc) is 2.39. The molecule has 1 aromatic rings. The molecule has 1 aliphatic heterocycles. The predicted octanol–water partition coefficient (Wildman–Crippen LogP) is 1.96. The van der Waals surface area contributed by atoms with E-state index in [2.05, 4.69) is 4.72 Å². The SMILES string of the molecule is O=C(O)c1ccc(NS(=O)(=O)C2CCOCC2)cc1Cl. The van der Waals surface area contributed by atoms with Crippen molar-refractivity contribution in [3.05, 3.63) is 28.8 Å². The van der Waals surface area contributed by atoms with Crippen LogP contribution in [-0.2, 0) is 14.8 Å². The molecule has 0 bridgehead atoms. The van der Waals surface area contributed by atoms with E-state index in [9.17, 15) is 13.2 Å². The van der Waals surface area contributed by atoms with Crippen molar-refractivity contribution >= 4 is 33.3 Å². The van der Waals surface area contributed by atoms with Crippen LogP contribution in [0, 0.1) is 0 Å². The van der Waals surface area contributed by atoms with Gasteiger partial charge in [0.05, 0.1) is 21.5 Å². The van der Waals surface area contributed by atoms with Gasteiger partial charge in [-0.3, -0.25) is 4.72 Å². The maximum absolute atomic E-state index is 12.2. The average molecular weight is 320 g/mol. The van der Waals surface area contributed by atoms with Crippen LogP contribution in [0.3, 0.4) is 0 Å². The van der Waals surface area contributed by atoms with Crippen LogP contribution in [-0.4, -0.2) is 38.0 Å². The summed E-state index contributed by atoms with van der Waals surface area (Å²) < 4.78 is 31.9. The number of ether oxygens (including phenoxy) is 1. The number of carbonyl (C=O) groups is 1. The zero-order valence-corrected chi connectivity index (χ0v) is 12.1.